The minimum absolute atomic E-state index is 0.0307. The van der Waals surface area contributed by atoms with E-state index in [9.17, 15) is 9.59 Å². The number of hydrogen-bond acceptors (Lipinski definition) is 3. The van der Waals surface area contributed by atoms with Gasteiger partial charge in [-0.15, -0.1) is 0 Å². The number of hydrogen-bond donors (Lipinski definition) is 1. The zero-order chi connectivity index (χ0) is 16.7. The quantitative estimate of drug-likeness (QED) is 0.839. The molecule has 1 aliphatic rings. The number of ether oxygens (including phenoxy) is 1. The molecule has 23 heavy (non-hydrogen) atoms. The second-order valence-electron chi connectivity index (χ2n) is 5.93. The normalized spacial score (nSPS) is 15.3. The van der Waals surface area contributed by atoms with Gasteiger partial charge in [0.25, 0.3) is 5.91 Å². The number of amides is 1. The van der Waals surface area contributed by atoms with E-state index in [-0.39, 0.29) is 24.9 Å². The van der Waals surface area contributed by atoms with Crippen LogP contribution in [0, 0.1) is 0 Å². The van der Waals surface area contributed by atoms with Crippen molar-refractivity contribution >= 4 is 11.9 Å². The van der Waals surface area contributed by atoms with Gasteiger partial charge in [-0.3, -0.25) is 9.59 Å². The van der Waals surface area contributed by atoms with Crippen LogP contribution in [-0.2, 0) is 16.0 Å². The molecule has 1 aromatic carbocycles. The van der Waals surface area contributed by atoms with E-state index in [2.05, 4.69) is 6.92 Å². The Morgan fingerprint density at radius 2 is 1.87 bits per heavy atom. The predicted octanol–water partition coefficient (Wildman–Crippen LogP) is 2.74. The fourth-order valence-corrected chi connectivity index (χ4v) is 2.93. The number of carbonyl (C=O) groups excluding carboxylic acids is 1. The summed E-state index contributed by atoms with van der Waals surface area (Å²) in [4.78, 5) is 25.4. The molecule has 126 valence electrons. The Hall–Kier alpha value is -1.88. The number of carboxylic acids is 1. The van der Waals surface area contributed by atoms with Crippen LogP contribution in [0.25, 0.3) is 0 Å². The molecule has 5 nitrogen and oxygen atoms in total. The topological polar surface area (TPSA) is 66.8 Å². The SMILES string of the molecule is CCCc1ccc(C(=O)N(CCC(=O)O)C2CCOCC2)cc1. The summed E-state index contributed by atoms with van der Waals surface area (Å²) in [5.41, 5.74) is 1.84. The molecule has 0 spiro atoms. The number of carbonyl (C=O) groups is 2. The lowest BCUT2D eigenvalue weighted by Gasteiger charge is -2.34. The summed E-state index contributed by atoms with van der Waals surface area (Å²) >= 11 is 0. The van der Waals surface area contributed by atoms with Gasteiger partial charge in [-0.05, 0) is 37.0 Å². The van der Waals surface area contributed by atoms with Crippen LogP contribution in [-0.4, -0.2) is 47.7 Å². The number of aryl methyl sites for hydroxylation is 1. The van der Waals surface area contributed by atoms with Gasteiger partial charge in [-0.1, -0.05) is 25.5 Å². The van der Waals surface area contributed by atoms with E-state index in [1.165, 1.54) is 5.56 Å². The molecular weight excluding hydrogens is 294 g/mol. The summed E-state index contributed by atoms with van der Waals surface area (Å²) in [6.07, 6.45) is 3.56. The molecule has 0 aromatic heterocycles. The van der Waals surface area contributed by atoms with E-state index in [1.807, 2.05) is 24.3 Å². The van der Waals surface area contributed by atoms with Crippen molar-refractivity contribution in [1.29, 1.82) is 0 Å². The fourth-order valence-electron chi connectivity index (χ4n) is 2.93. The number of benzene rings is 1. The largest absolute Gasteiger partial charge is 0.481 e. The molecule has 0 unspecified atom stereocenters. The van der Waals surface area contributed by atoms with Crippen molar-refractivity contribution in [2.45, 2.75) is 45.1 Å². The maximum atomic E-state index is 12.8. The first-order valence-corrected chi connectivity index (χ1v) is 8.31. The molecule has 0 aliphatic carbocycles. The lowest BCUT2D eigenvalue weighted by atomic mass is 10.0. The minimum atomic E-state index is -0.881. The highest BCUT2D eigenvalue weighted by Crippen LogP contribution is 2.18. The van der Waals surface area contributed by atoms with E-state index < -0.39 is 5.97 Å². The maximum absolute atomic E-state index is 12.8. The lowest BCUT2D eigenvalue weighted by Crippen LogP contribution is -2.44. The van der Waals surface area contributed by atoms with E-state index in [0.29, 0.717) is 18.8 Å². The Kier molecular flexibility index (Phi) is 6.59. The molecule has 1 aliphatic heterocycles. The Labute approximate surface area is 137 Å². The zero-order valence-electron chi connectivity index (χ0n) is 13.7. The third-order valence-corrected chi connectivity index (χ3v) is 4.20. The van der Waals surface area contributed by atoms with Crippen molar-refractivity contribution in [2.24, 2.45) is 0 Å². The number of nitrogens with zero attached hydrogens (tertiary/aromatic N) is 1. The number of rotatable bonds is 7. The van der Waals surface area contributed by atoms with Gasteiger partial charge in [0.1, 0.15) is 0 Å². The van der Waals surface area contributed by atoms with Crippen molar-refractivity contribution in [2.75, 3.05) is 19.8 Å². The third kappa shape index (κ3) is 5.06. The predicted molar refractivity (Wildman–Crippen MR) is 87.6 cm³/mol. The highest BCUT2D eigenvalue weighted by molar-refractivity contribution is 5.94. The Morgan fingerprint density at radius 3 is 2.43 bits per heavy atom. The standard InChI is InChI=1S/C18H25NO4/c1-2-3-14-4-6-15(7-5-14)18(22)19(11-8-17(20)21)16-9-12-23-13-10-16/h4-7,16H,2-3,8-13H2,1H3,(H,20,21). The summed E-state index contributed by atoms with van der Waals surface area (Å²) in [6.45, 7) is 3.61. The fraction of sp³-hybridized carbons (Fsp3) is 0.556. The Bertz CT molecular complexity index is 520. The first-order chi connectivity index (χ1) is 11.1. The third-order valence-electron chi connectivity index (χ3n) is 4.20. The van der Waals surface area contributed by atoms with Crippen LogP contribution >= 0.6 is 0 Å². The van der Waals surface area contributed by atoms with Crippen LogP contribution in [0.15, 0.2) is 24.3 Å². The van der Waals surface area contributed by atoms with Crippen LogP contribution < -0.4 is 0 Å². The molecule has 5 heteroatoms. The Balaban J connectivity index is 2.11. The average molecular weight is 319 g/mol. The summed E-state index contributed by atoms with van der Waals surface area (Å²) in [5.74, 6) is -0.964. The van der Waals surface area contributed by atoms with E-state index in [4.69, 9.17) is 9.84 Å². The van der Waals surface area contributed by atoms with Crippen LogP contribution in [0.5, 0.6) is 0 Å². The van der Waals surface area contributed by atoms with Crippen LogP contribution in [0.1, 0.15) is 48.5 Å². The van der Waals surface area contributed by atoms with Gasteiger partial charge in [-0.25, -0.2) is 0 Å². The second-order valence-corrected chi connectivity index (χ2v) is 5.93. The highest BCUT2D eigenvalue weighted by Gasteiger charge is 2.26. The molecule has 0 saturated carbocycles. The molecule has 1 amide bonds. The molecule has 0 bridgehead atoms. The monoisotopic (exact) mass is 319 g/mol. The molecule has 0 atom stereocenters. The Morgan fingerprint density at radius 1 is 1.22 bits per heavy atom. The van der Waals surface area contributed by atoms with Crippen molar-refractivity contribution < 1.29 is 19.4 Å². The maximum Gasteiger partial charge on any atom is 0.305 e. The molecule has 1 heterocycles. The van der Waals surface area contributed by atoms with Crippen molar-refractivity contribution in [3.8, 4) is 0 Å². The summed E-state index contributed by atoms with van der Waals surface area (Å²) in [5, 5.41) is 8.95. The molecule has 1 aromatic rings. The number of aliphatic carboxylic acids is 1. The molecule has 1 saturated heterocycles. The van der Waals surface area contributed by atoms with Gasteiger partial charge in [0.05, 0.1) is 6.42 Å². The van der Waals surface area contributed by atoms with Crippen molar-refractivity contribution in [3.63, 3.8) is 0 Å². The van der Waals surface area contributed by atoms with Gasteiger partial charge in [-0.2, -0.15) is 0 Å². The van der Waals surface area contributed by atoms with Gasteiger partial charge in [0.2, 0.25) is 0 Å². The molecule has 1 N–H and O–H groups in total. The zero-order valence-corrected chi connectivity index (χ0v) is 13.7. The molecular formula is C18H25NO4. The van der Waals surface area contributed by atoms with Gasteiger partial charge >= 0.3 is 5.97 Å². The molecule has 1 fully saturated rings. The summed E-state index contributed by atoms with van der Waals surface area (Å²) in [6, 6.07) is 7.72. The average Bonchev–Trinajstić information content (AvgIpc) is 2.56. The molecule has 0 radical (unpaired) electrons. The highest BCUT2D eigenvalue weighted by atomic mass is 16.5. The van der Waals surface area contributed by atoms with Crippen LogP contribution in [0.3, 0.4) is 0 Å². The second kappa shape index (κ2) is 8.67. The van der Waals surface area contributed by atoms with E-state index >= 15 is 0 Å². The first-order valence-electron chi connectivity index (χ1n) is 8.31. The minimum Gasteiger partial charge on any atom is -0.481 e. The van der Waals surface area contributed by atoms with E-state index in [1.54, 1.807) is 4.90 Å². The number of carboxylic acid groups (broad SMARTS) is 1. The van der Waals surface area contributed by atoms with Crippen LogP contribution in [0.2, 0.25) is 0 Å². The van der Waals surface area contributed by atoms with Crippen molar-refractivity contribution in [1.82, 2.24) is 4.90 Å². The summed E-state index contributed by atoms with van der Waals surface area (Å²) < 4.78 is 5.35. The summed E-state index contributed by atoms with van der Waals surface area (Å²) in [7, 11) is 0. The van der Waals surface area contributed by atoms with Crippen molar-refractivity contribution in [3.05, 3.63) is 35.4 Å². The lowest BCUT2D eigenvalue weighted by molar-refractivity contribution is -0.137. The smallest absolute Gasteiger partial charge is 0.305 e. The van der Waals surface area contributed by atoms with Crippen LogP contribution in [0.4, 0.5) is 0 Å². The van der Waals surface area contributed by atoms with Gasteiger partial charge in [0, 0.05) is 31.4 Å². The van der Waals surface area contributed by atoms with E-state index in [0.717, 1.165) is 25.7 Å². The van der Waals surface area contributed by atoms with Gasteiger partial charge < -0.3 is 14.7 Å². The first kappa shape index (κ1) is 17.5. The van der Waals surface area contributed by atoms with Gasteiger partial charge in [0.15, 0.2) is 0 Å². The molecule has 2 rings (SSSR count).